The molecule has 2 aliphatic rings. The summed E-state index contributed by atoms with van der Waals surface area (Å²) in [6.07, 6.45) is 2.29. The van der Waals surface area contributed by atoms with E-state index in [-0.39, 0.29) is 0 Å². The van der Waals surface area contributed by atoms with E-state index in [1.807, 2.05) is 0 Å². The van der Waals surface area contributed by atoms with Gasteiger partial charge in [-0.05, 0) is 166 Å². The molecule has 0 aliphatic carbocycles. The van der Waals surface area contributed by atoms with Gasteiger partial charge in [0.15, 0.2) is 8.07 Å². The smallest absolute Gasteiger partial charge is 0.183 e. The van der Waals surface area contributed by atoms with Crippen molar-refractivity contribution in [1.82, 2.24) is 23.3 Å². The molecule has 0 fully saturated rings. The van der Waals surface area contributed by atoms with Gasteiger partial charge in [0.1, 0.15) is 11.6 Å². The Hall–Kier alpha value is -14.4. The molecule has 0 amide bonds. The van der Waals surface area contributed by atoms with E-state index in [2.05, 4.69) is 401 Å². The maximum atomic E-state index is 13.8. The van der Waals surface area contributed by atoms with Crippen LogP contribution in [0.25, 0.3) is 188 Å². The molecule has 109 heavy (non-hydrogen) atoms. The van der Waals surface area contributed by atoms with E-state index in [4.69, 9.17) is 4.98 Å². The standard InChI is InChI=1S/C102H62N6Si/c103-62-84-99(105-86-42-20-13-35-72(86)79-57-68(49-53-90(79)105)64-27-5-1-6-28-64)101(107-88-44-22-15-37-74(88)81-59-70(51-55-92(81)107)66-31-9-3-10-32-66)98(85-61-83-78-41-19-26-48-96(78)109(97(83)63-104-85)94-46-24-17-39-76(94)77-40-18-25-47-95(77)109)102(108-89-45-23-16-38-75(89)82-60-71(52-56-93(82)108)67-33-11-4-12-34-67)100(84)106-87-43-21-14-36-73(87)80-58-69(50-54-91(80)106)65-29-7-2-8-30-65/h1-61,63H. The minimum absolute atomic E-state index is 0.481. The number of aromatic nitrogens is 5. The number of pyridine rings is 1. The van der Waals surface area contributed by atoms with E-state index in [1.54, 1.807) is 0 Å². The molecule has 7 heterocycles. The molecule has 504 valence electrons. The zero-order chi connectivity index (χ0) is 71.6. The Morgan fingerprint density at radius 1 is 0.229 bits per heavy atom. The van der Waals surface area contributed by atoms with Crippen molar-refractivity contribution in [2.75, 3.05) is 0 Å². The maximum Gasteiger partial charge on any atom is 0.183 e. The second-order valence-electron chi connectivity index (χ2n) is 29.1. The predicted molar refractivity (Wildman–Crippen MR) is 455 cm³/mol. The first-order valence-corrected chi connectivity index (χ1v) is 39.4. The third-order valence-electron chi connectivity index (χ3n) is 23.7. The van der Waals surface area contributed by atoms with Crippen LogP contribution in [0.15, 0.2) is 376 Å². The lowest BCUT2D eigenvalue weighted by Gasteiger charge is -2.29. The number of rotatable bonds is 9. The zero-order valence-corrected chi connectivity index (χ0v) is 60.0. The van der Waals surface area contributed by atoms with Crippen molar-refractivity contribution in [3.63, 3.8) is 0 Å². The van der Waals surface area contributed by atoms with Gasteiger partial charge in [-0.15, -0.1) is 0 Å². The molecule has 0 unspecified atom stereocenters. The summed E-state index contributed by atoms with van der Waals surface area (Å²) in [6.45, 7) is 0. The highest BCUT2D eigenvalue weighted by Gasteiger charge is 2.54. The van der Waals surface area contributed by atoms with Gasteiger partial charge in [-0.3, -0.25) is 4.98 Å². The monoisotopic (exact) mass is 1400 g/mol. The van der Waals surface area contributed by atoms with Gasteiger partial charge in [-0.2, -0.15) is 5.26 Å². The van der Waals surface area contributed by atoms with Crippen LogP contribution in [0.1, 0.15) is 5.56 Å². The summed E-state index contributed by atoms with van der Waals surface area (Å²) in [4.78, 5) is 6.28. The van der Waals surface area contributed by atoms with E-state index in [0.717, 1.165) is 171 Å². The highest BCUT2D eigenvalue weighted by molar-refractivity contribution is 7.24. The number of benzene rings is 16. The van der Waals surface area contributed by atoms with Crippen LogP contribution < -0.4 is 20.7 Å². The summed E-state index contributed by atoms with van der Waals surface area (Å²) in [5.41, 5.74) is 26.8. The number of hydrogen-bond acceptors (Lipinski definition) is 2. The topological polar surface area (TPSA) is 56.4 Å². The van der Waals surface area contributed by atoms with E-state index in [0.29, 0.717) is 5.56 Å². The first-order chi connectivity index (χ1) is 54.1. The van der Waals surface area contributed by atoms with E-state index in [9.17, 15) is 5.26 Å². The van der Waals surface area contributed by atoms with Crippen LogP contribution in [0, 0.1) is 11.3 Å². The highest BCUT2D eigenvalue weighted by atomic mass is 28.3. The fourth-order valence-electron chi connectivity index (χ4n) is 19.1. The van der Waals surface area contributed by atoms with Gasteiger partial charge in [-0.1, -0.05) is 291 Å². The van der Waals surface area contributed by atoms with Crippen molar-refractivity contribution >= 4 is 116 Å². The van der Waals surface area contributed by atoms with Crippen LogP contribution in [-0.4, -0.2) is 31.3 Å². The Labute approximate surface area is 629 Å². The Morgan fingerprint density at radius 3 is 0.835 bits per heavy atom. The molecule has 0 saturated carbocycles. The molecule has 0 N–H and O–H groups in total. The van der Waals surface area contributed by atoms with Crippen molar-refractivity contribution in [2.45, 2.75) is 0 Å². The lowest BCUT2D eigenvalue weighted by Crippen LogP contribution is -2.70. The van der Waals surface area contributed by atoms with Crippen molar-refractivity contribution in [1.29, 1.82) is 5.26 Å². The fourth-order valence-corrected chi connectivity index (χ4v) is 24.6. The van der Waals surface area contributed by atoms with Crippen LogP contribution in [0.2, 0.25) is 0 Å². The third-order valence-corrected chi connectivity index (χ3v) is 28.6. The molecule has 23 rings (SSSR count). The van der Waals surface area contributed by atoms with Gasteiger partial charge in [0.2, 0.25) is 0 Å². The average Bonchev–Trinajstić information content (AvgIpc) is 1.53. The molecule has 2 aliphatic heterocycles. The summed E-state index contributed by atoms with van der Waals surface area (Å²) in [5.74, 6) is 0. The predicted octanol–water partition coefficient (Wildman–Crippen LogP) is 23.0. The molecule has 0 radical (unpaired) electrons. The minimum Gasteiger partial charge on any atom is -0.306 e. The normalized spacial score (nSPS) is 12.7. The lowest BCUT2D eigenvalue weighted by molar-refractivity contribution is 1.03. The third kappa shape index (κ3) is 8.63. The molecule has 1 spiro atoms. The Morgan fingerprint density at radius 2 is 0.505 bits per heavy atom. The molecule has 7 heteroatoms. The van der Waals surface area contributed by atoms with Gasteiger partial charge < -0.3 is 18.3 Å². The largest absolute Gasteiger partial charge is 0.306 e. The Balaban J connectivity index is 0.981. The molecular formula is C102H62N6Si. The van der Waals surface area contributed by atoms with Crippen molar-refractivity contribution in [3.8, 4) is 107 Å². The number of para-hydroxylation sites is 4. The molecule has 0 atom stereocenters. The zero-order valence-electron chi connectivity index (χ0n) is 59.0. The van der Waals surface area contributed by atoms with Crippen LogP contribution >= 0.6 is 0 Å². The summed E-state index contributed by atoms with van der Waals surface area (Å²) in [6, 6.07) is 139. The van der Waals surface area contributed by atoms with E-state index < -0.39 is 8.07 Å². The molecule has 6 nitrogen and oxygen atoms in total. The van der Waals surface area contributed by atoms with Gasteiger partial charge in [-0.25, -0.2) is 0 Å². The van der Waals surface area contributed by atoms with Crippen LogP contribution in [0.5, 0.6) is 0 Å². The van der Waals surface area contributed by atoms with Crippen molar-refractivity contribution < 1.29 is 0 Å². The fraction of sp³-hybridized carbons (Fsp3) is 0. The molecular weight excluding hydrogens is 1340 g/mol. The second-order valence-corrected chi connectivity index (χ2v) is 32.7. The molecule has 5 aromatic heterocycles. The van der Waals surface area contributed by atoms with Crippen molar-refractivity contribution in [2.24, 2.45) is 0 Å². The number of fused-ring (bicyclic) bond motifs is 22. The maximum absolute atomic E-state index is 13.8. The SMILES string of the molecule is N#Cc1c(-n2c3ccccc3c3cc(-c4ccccc4)ccc32)c(-n2c3ccccc3c3cc(-c4ccccc4)ccc32)c(-c2cc3c(cn2)[Si]2(c4ccccc4-c4ccccc42)c2ccccc2-3)c(-n2c3ccccc3c3cc(-c4ccccc4)ccc32)c1-n1c2ccccc2c2cc(-c3ccccc3)ccc21. The summed E-state index contributed by atoms with van der Waals surface area (Å²) < 4.78 is 9.91. The number of nitrogens with zero attached hydrogens (tertiary/aromatic N) is 6. The van der Waals surface area contributed by atoms with Gasteiger partial charge in [0.05, 0.1) is 78.1 Å². The summed E-state index contributed by atoms with van der Waals surface area (Å²) >= 11 is 0. The quantitative estimate of drug-likeness (QED) is 0.135. The molecule has 0 saturated heterocycles. The van der Waals surface area contributed by atoms with E-state index >= 15 is 0 Å². The number of hydrogen-bond donors (Lipinski definition) is 0. The van der Waals surface area contributed by atoms with Gasteiger partial charge in [0, 0.05) is 49.3 Å². The molecule has 21 aromatic rings. The Bertz CT molecular complexity index is 7090. The van der Waals surface area contributed by atoms with Crippen LogP contribution in [0.3, 0.4) is 0 Å². The lowest BCUT2D eigenvalue weighted by atomic mass is 9.94. The average molecular weight is 1400 g/mol. The van der Waals surface area contributed by atoms with Crippen molar-refractivity contribution in [3.05, 3.63) is 382 Å². The van der Waals surface area contributed by atoms with Crippen LogP contribution in [0.4, 0.5) is 0 Å². The second kappa shape index (κ2) is 23.5. The summed E-state index contributed by atoms with van der Waals surface area (Å²) in [5, 5.41) is 27.7. The van der Waals surface area contributed by atoms with Crippen LogP contribution in [-0.2, 0) is 0 Å². The van der Waals surface area contributed by atoms with E-state index in [1.165, 1.54) is 37.4 Å². The highest BCUT2D eigenvalue weighted by Crippen LogP contribution is 2.53. The summed E-state index contributed by atoms with van der Waals surface area (Å²) in [7, 11) is -3.05. The first-order valence-electron chi connectivity index (χ1n) is 37.4. The Kier molecular flexibility index (Phi) is 13.2. The first kappa shape index (κ1) is 60.9. The van der Waals surface area contributed by atoms with Gasteiger partial charge in [0.25, 0.3) is 0 Å². The molecule has 16 aromatic carbocycles. The molecule has 0 bridgehead atoms. The van der Waals surface area contributed by atoms with Gasteiger partial charge >= 0.3 is 0 Å². The number of nitriles is 1. The minimum atomic E-state index is -3.05.